The summed E-state index contributed by atoms with van der Waals surface area (Å²) in [7, 11) is 0. The second-order valence-corrected chi connectivity index (χ2v) is 11.8. The van der Waals surface area contributed by atoms with E-state index < -0.39 is 78.1 Å². The molecule has 0 aromatic carbocycles. The predicted molar refractivity (Wildman–Crippen MR) is 159 cm³/mol. The monoisotopic (exact) mass is 631 g/mol. The van der Waals surface area contributed by atoms with E-state index in [1.807, 2.05) is 0 Å². The number of ether oxygens (including phenoxy) is 5. The number of aliphatic hydroxyl groups is 1. The van der Waals surface area contributed by atoms with E-state index in [0.29, 0.717) is 0 Å². The van der Waals surface area contributed by atoms with Gasteiger partial charge in [-0.2, -0.15) is 4.98 Å². The Kier molecular flexibility index (Phi) is 9.77. The Morgan fingerprint density at radius 2 is 1.69 bits per heavy atom. The van der Waals surface area contributed by atoms with Crippen LogP contribution in [-0.2, 0) is 38.1 Å². The van der Waals surface area contributed by atoms with Crippen LogP contribution in [0.1, 0.15) is 54.7 Å². The van der Waals surface area contributed by atoms with E-state index in [0.717, 1.165) is 6.07 Å². The lowest BCUT2D eigenvalue weighted by Crippen LogP contribution is -2.48. The van der Waals surface area contributed by atoms with Crippen molar-refractivity contribution in [3.63, 3.8) is 0 Å². The van der Waals surface area contributed by atoms with Crippen molar-refractivity contribution >= 4 is 58.4 Å². The second kappa shape index (κ2) is 13.2. The molecular formula is C29H37N5O11. The van der Waals surface area contributed by atoms with Crippen molar-refractivity contribution in [1.82, 2.24) is 9.55 Å². The van der Waals surface area contributed by atoms with Gasteiger partial charge in [-0.05, 0) is 6.92 Å². The lowest BCUT2D eigenvalue weighted by Gasteiger charge is -2.31. The summed E-state index contributed by atoms with van der Waals surface area (Å²) in [5.41, 5.74) is -2.63. The van der Waals surface area contributed by atoms with Crippen LogP contribution < -0.4 is 16.2 Å². The fourth-order valence-electron chi connectivity index (χ4n) is 4.63. The normalized spacial score (nSPS) is 22.0. The zero-order valence-electron chi connectivity index (χ0n) is 26.0. The summed E-state index contributed by atoms with van der Waals surface area (Å²) < 4.78 is 28.5. The molecule has 1 saturated heterocycles. The number of hydrogen-bond donors (Lipinski definition) is 3. The summed E-state index contributed by atoms with van der Waals surface area (Å²) in [4.78, 5) is 70.2. The molecule has 2 aromatic rings. The highest BCUT2D eigenvalue weighted by molar-refractivity contribution is 6.12. The molecule has 2 aromatic heterocycles. The first-order valence-electron chi connectivity index (χ1n) is 14.4. The van der Waals surface area contributed by atoms with Gasteiger partial charge in [0.05, 0.1) is 35.2 Å². The maximum Gasteiger partial charge on any atom is 0.414 e. The van der Waals surface area contributed by atoms with Gasteiger partial charge in [0.15, 0.2) is 12.3 Å². The number of carbonyl (C=O) groups excluding carboxylic acids is 4. The molecule has 2 aliphatic heterocycles. The third kappa shape index (κ3) is 7.06. The minimum atomic E-state index is -1.89. The summed E-state index contributed by atoms with van der Waals surface area (Å²) in [6.07, 6.45) is -1.86. The van der Waals surface area contributed by atoms with Gasteiger partial charge in [-0.15, -0.1) is 0 Å². The SMILES string of the molecule is CC(C)C(=O)OCOC(=O)Nc1cc(=O)nc2c3c(n([C@@H]4O[C@H](COC(=O)C(C)C)[C@@H](OC(=O)C(C)C)[C@@]4(C)O)cc13)N=CN2. The molecule has 4 heterocycles. The van der Waals surface area contributed by atoms with E-state index in [2.05, 4.69) is 20.6 Å². The van der Waals surface area contributed by atoms with Crippen LogP contribution in [0, 0.1) is 17.8 Å². The second-order valence-electron chi connectivity index (χ2n) is 11.8. The molecule has 45 heavy (non-hydrogen) atoms. The number of nitrogens with one attached hydrogen (secondary N) is 2. The zero-order valence-corrected chi connectivity index (χ0v) is 26.0. The van der Waals surface area contributed by atoms with Crippen molar-refractivity contribution < 1.29 is 48.0 Å². The molecular weight excluding hydrogens is 594 g/mol. The maximum atomic E-state index is 12.6. The van der Waals surface area contributed by atoms with Crippen LogP contribution in [0.25, 0.3) is 10.8 Å². The molecule has 0 aliphatic carbocycles. The highest BCUT2D eigenvalue weighted by Crippen LogP contribution is 2.47. The van der Waals surface area contributed by atoms with E-state index in [1.165, 1.54) is 24.0 Å². The quantitative estimate of drug-likeness (QED) is 0.196. The largest absolute Gasteiger partial charge is 0.463 e. The third-order valence-electron chi connectivity index (χ3n) is 7.06. The Balaban J connectivity index is 1.74. The standard InChI is InChI=1S/C29H37N5O11/c1-13(2)24(36)41-10-18-21(45-26(38)15(5)6)29(7,40)27(44-18)34-9-16-17(32-28(39)43-12-42-25(37)14(3)4)8-19(35)33-22-20(16)23(34)31-11-30-22/h8-9,11,13-15,18,21,27,40H,10,12H2,1-7H3,(H,32,39)(H,30,31,33,35)/t18-,21-,27-,29-/m1/s1. The molecule has 16 heteroatoms. The third-order valence-corrected chi connectivity index (χ3v) is 7.06. The van der Waals surface area contributed by atoms with Gasteiger partial charge in [-0.3, -0.25) is 24.5 Å². The lowest BCUT2D eigenvalue weighted by atomic mass is 9.96. The fourth-order valence-corrected chi connectivity index (χ4v) is 4.63. The van der Waals surface area contributed by atoms with Crippen LogP contribution in [-0.4, -0.2) is 76.2 Å². The Bertz CT molecular complexity index is 1580. The van der Waals surface area contributed by atoms with Gasteiger partial charge < -0.3 is 38.7 Å². The van der Waals surface area contributed by atoms with Gasteiger partial charge in [-0.25, -0.2) is 9.79 Å². The topological polar surface area (TPSA) is 206 Å². The number of hydrogen-bond acceptors (Lipinski definition) is 14. The molecule has 0 saturated carbocycles. The van der Waals surface area contributed by atoms with Gasteiger partial charge in [0.25, 0.3) is 5.56 Å². The highest BCUT2D eigenvalue weighted by atomic mass is 16.7. The van der Waals surface area contributed by atoms with Crippen molar-refractivity contribution in [3.8, 4) is 0 Å². The van der Waals surface area contributed by atoms with Crippen molar-refractivity contribution in [2.75, 3.05) is 24.0 Å². The van der Waals surface area contributed by atoms with Crippen LogP contribution in [0.2, 0.25) is 0 Å². The minimum Gasteiger partial charge on any atom is -0.463 e. The van der Waals surface area contributed by atoms with Gasteiger partial charge in [0.2, 0.25) is 6.79 Å². The number of aromatic nitrogens is 2. The Labute approximate surface area is 258 Å². The highest BCUT2D eigenvalue weighted by Gasteiger charge is 2.57. The van der Waals surface area contributed by atoms with Gasteiger partial charge >= 0.3 is 24.0 Å². The minimum absolute atomic E-state index is 0.0318. The van der Waals surface area contributed by atoms with E-state index in [1.54, 1.807) is 41.5 Å². The molecule has 0 spiro atoms. The molecule has 2 aliphatic rings. The molecule has 0 bridgehead atoms. The van der Waals surface area contributed by atoms with Gasteiger partial charge in [0.1, 0.15) is 29.9 Å². The number of amides is 1. The van der Waals surface area contributed by atoms with Crippen molar-refractivity contribution in [2.45, 2.75) is 72.5 Å². The first-order valence-corrected chi connectivity index (χ1v) is 14.4. The Morgan fingerprint density at radius 3 is 2.33 bits per heavy atom. The van der Waals surface area contributed by atoms with Crippen LogP contribution >= 0.6 is 0 Å². The number of rotatable bonds is 10. The summed E-state index contributed by atoms with van der Waals surface area (Å²) in [5.74, 6) is -2.78. The molecule has 4 rings (SSSR count). The molecule has 1 amide bonds. The summed E-state index contributed by atoms with van der Waals surface area (Å²) in [6.45, 7) is 10.3. The van der Waals surface area contributed by atoms with E-state index in [-0.39, 0.29) is 34.7 Å². The molecule has 1 fully saturated rings. The van der Waals surface area contributed by atoms with Crippen LogP contribution in [0.15, 0.2) is 22.1 Å². The summed E-state index contributed by atoms with van der Waals surface area (Å²) in [5, 5.41) is 17.6. The van der Waals surface area contributed by atoms with E-state index in [4.69, 9.17) is 23.7 Å². The molecule has 0 radical (unpaired) electrons. The van der Waals surface area contributed by atoms with Crippen molar-refractivity contribution in [2.24, 2.45) is 22.7 Å². The average Bonchev–Trinajstić information content (AvgIpc) is 3.41. The summed E-state index contributed by atoms with van der Waals surface area (Å²) >= 11 is 0. The maximum absolute atomic E-state index is 12.6. The Morgan fingerprint density at radius 1 is 1.04 bits per heavy atom. The predicted octanol–water partition coefficient (Wildman–Crippen LogP) is 2.60. The van der Waals surface area contributed by atoms with Crippen LogP contribution in [0.3, 0.4) is 0 Å². The first kappa shape index (κ1) is 33.3. The number of esters is 3. The molecule has 3 N–H and O–H groups in total. The molecule has 244 valence electrons. The number of nitrogens with zero attached hydrogens (tertiary/aromatic N) is 3. The fraction of sp³-hybridized carbons (Fsp3) is 0.552. The Hall–Kier alpha value is -4.57. The van der Waals surface area contributed by atoms with Crippen LogP contribution in [0.4, 0.5) is 22.1 Å². The first-order chi connectivity index (χ1) is 21.1. The van der Waals surface area contributed by atoms with Crippen molar-refractivity contribution in [1.29, 1.82) is 0 Å². The van der Waals surface area contributed by atoms with Gasteiger partial charge in [-0.1, -0.05) is 41.5 Å². The molecule has 16 nitrogen and oxygen atoms in total. The molecule has 0 unspecified atom stereocenters. The molecule has 4 atom stereocenters. The van der Waals surface area contributed by atoms with Crippen molar-refractivity contribution in [3.05, 3.63) is 22.6 Å². The average molecular weight is 632 g/mol. The number of anilines is 2. The number of aliphatic imine (C=N–C) groups is 1. The summed E-state index contributed by atoms with van der Waals surface area (Å²) in [6, 6.07) is 1.06. The van der Waals surface area contributed by atoms with E-state index >= 15 is 0 Å². The lowest BCUT2D eigenvalue weighted by molar-refractivity contribution is -0.169. The van der Waals surface area contributed by atoms with E-state index in [9.17, 15) is 29.1 Å². The zero-order chi connectivity index (χ0) is 33.2. The smallest absolute Gasteiger partial charge is 0.414 e. The van der Waals surface area contributed by atoms with Crippen LogP contribution in [0.5, 0.6) is 0 Å². The number of carbonyl (C=O) groups is 4. The van der Waals surface area contributed by atoms with Gasteiger partial charge in [0, 0.05) is 17.6 Å².